The molecule has 0 saturated carbocycles. The second-order valence-corrected chi connectivity index (χ2v) is 6.88. The molecule has 0 rings (SSSR count). The first kappa shape index (κ1) is 14.4. The van der Waals surface area contributed by atoms with Gasteiger partial charge in [-0.2, -0.15) is 5.26 Å². The van der Waals surface area contributed by atoms with Gasteiger partial charge in [0, 0.05) is 12.3 Å². The summed E-state index contributed by atoms with van der Waals surface area (Å²) in [5, 5.41) is 11.9. The number of hydrogen-bond acceptors (Lipinski definition) is 4. The average Bonchev–Trinajstić information content (AvgIpc) is 2.00. The van der Waals surface area contributed by atoms with Crippen molar-refractivity contribution >= 4 is 9.84 Å². The van der Waals surface area contributed by atoms with E-state index in [0.29, 0.717) is 6.54 Å². The lowest BCUT2D eigenvalue weighted by Crippen LogP contribution is -2.34. The summed E-state index contributed by atoms with van der Waals surface area (Å²) in [4.78, 5) is 0. The molecule has 0 aliphatic heterocycles. The Bertz CT molecular complexity index is 328. The van der Waals surface area contributed by atoms with Gasteiger partial charge in [0.2, 0.25) is 0 Å². The molecule has 5 heteroatoms. The van der Waals surface area contributed by atoms with Crippen molar-refractivity contribution < 1.29 is 8.42 Å². The minimum Gasteiger partial charge on any atom is -0.313 e. The van der Waals surface area contributed by atoms with Gasteiger partial charge in [0.15, 0.2) is 0 Å². The van der Waals surface area contributed by atoms with Crippen LogP contribution in [0.2, 0.25) is 0 Å². The summed E-state index contributed by atoms with van der Waals surface area (Å²) in [7, 11) is -2.92. The number of nitriles is 1. The monoisotopic (exact) mass is 232 g/mol. The molecule has 1 unspecified atom stereocenters. The van der Waals surface area contributed by atoms with Crippen molar-refractivity contribution in [3.8, 4) is 6.07 Å². The summed E-state index contributed by atoms with van der Waals surface area (Å²) < 4.78 is 21.9. The van der Waals surface area contributed by atoms with E-state index in [0.717, 1.165) is 6.42 Å². The molecule has 0 aromatic carbocycles. The normalized spacial score (nSPS) is 14.6. The Labute approximate surface area is 92.6 Å². The second-order valence-electron chi connectivity index (χ2n) is 4.69. The van der Waals surface area contributed by atoms with Crippen LogP contribution in [0, 0.1) is 16.7 Å². The van der Waals surface area contributed by atoms with E-state index >= 15 is 0 Å². The number of rotatable bonds is 6. The van der Waals surface area contributed by atoms with Crippen molar-refractivity contribution in [2.24, 2.45) is 5.41 Å². The summed E-state index contributed by atoms with van der Waals surface area (Å²) >= 11 is 0. The molecule has 0 radical (unpaired) electrons. The first-order valence-electron chi connectivity index (χ1n) is 4.99. The molecular formula is C10H20N2O2S. The second kappa shape index (κ2) is 5.47. The van der Waals surface area contributed by atoms with Gasteiger partial charge in [0.05, 0.1) is 17.2 Å². The Balaban J connectivity index is 3.85. The smallest absolute Gasteiger partial charge is 0.148 e. The third kappa shape index (κ3) is 8.40. The Kier molecular flexibility index (Phi) is 5.26. The van der Waals surface area contributed by atoms with Crippen LogP contribution in [0.4, 0.5) is 0 Å². The van der Waals surface area contributed by atoms with Crippen molar-refractivity contribution in [3.63, 3.8) is 0 Å². The molecule has 0 bridgehead atoms. The zero-order chi connectivity index (χ0) is 12.1. The molecule has 1 atom stereocenters. The fraction of sp³-hybridized carbons (Fsp3) is 0.900. The standard InChI is InChI=1S/C10H20N2O2S/c1-9(7-15(4,13)14)12-6-5-10(2,3)8-11/h9,12H,5-7H2,1-4H3. The van der Waals surface area contributed by atoms with Crippen molar-refractivity contribution in [2.45, 2.75) is 33.2 Å². The van der Waals surface area contributed by atoms with Gasteiger partial charge in [-0.3, -0.25) is 0 Å². The molecule has 0 fully saturated rings. The zero-order valence-electron chi connectivity index (χ0n) is 9.87. The van der Waals surface area contributed by atoms with Crippen molar-refractivity contribution in [1.82, 2.24) is 5.32 Å². The van der Waals surface area contributed by atoms with Crippen molar-refractivity contribution in [3.05, 3.63) is 0 Å². The third-order valence-corrected chi connectivity index (χ3v) is 3.20. The molecule has 0 spiro atoms. The Hall–Kier alpha value is -0.600. The Morgan fingerprint density at radius 1 is 1.47 bits per heavy atom. The number of nitrogens with one attached hydrogen (secondary N) is 1. The molecule has 0 saturated heterocycles. The van der Waals surface area contributed by atoms with E-state index < -0.39 is 9.84 Å². The molecule has 88 valence electrons. The van der Waals surface area contributed by atoms with E-state index in [4.69, 9.17) is 5.26 Å². The minimum atomic E-state index is -2.92. The molecule has 4 nitrogen and oxygen atoms in total. The third-order valence-electron chi connectivity index (χ3n) is 2.10. The van der Waals surface area contributed by atoms with Gasteiger partial charge in [0.25, 0.3) is 0 Å². The van der Waals surface area contributed by atoms with Crippen molar-refractivity contribution in [2.75, 3.05) is 18.6 Å². The molecule has 0 amide bonds. The van der Waals surface area contributed by atoms with Crippen LogP contribution < -0.4 is 5.32 Å². The molecule has 15 heavy (non-hydrogen) atoms. The van der Waals surface area contributed by atoms with Crippen LogP contribution in [-0.4, -0.2) is 33.0 Å². The maximum absolute atomic E-state index is 11.0. The molecule has 1 N–H and O–H groups in total. The molecular weight excluding hydrogens is 212 g/mol. The lowest BCUT2D eigenvalue weighted by atomic mass is 9.91. The summed E-state index contributed by atoms with van der Waals surface area (Å²) in [6, 6.07) is 2.14. The maximum Gasteiger partial charge on any atom is 0.148 e. The molecule has 0 aliphatic rings. The van der Waals surface area contributed by atoms with Crippen LogP contribution >= 0.6 is 0 Å². The largest absolute Gasteiger partial charge is 0.313 e. The first-order chi connectivity index (χ1) is 6.66. The highest BCUT2D eigenvalue weighted by Gasteiger charge is 2.17. The molecule has 0 aromatic rings. The van der Waals surface area contributed by atoms with Gasteiger partial charge in [0.1, 0.15) is 9.84 Å². The fourth-order valence-corrected chi connectivity index (χ4v) is 2.23. The predicted molar refractivity (Wildman–Crippen MR) is 61.2 cm³/mol. The van der Waals surface area contributed by atoms with E-state index in [1.165, 1.54) is 6.26 Å². The predicted octanol–water partition coefficient (Wildman–Crippen LogP) is 0.949. The van der Waals surface area contributed by atoms with Crippen LogP contribution in [0.15, 0.2) is 0 Å². The summed E-state index contributed by atoms with van der Waals surface area (Å²) in [5.74, 6) is 0.139. The van der Waals surface area contributed by atoms with Crippen LogP contribution in [-0.2, 0) is 9.84 Å². The van der Waals surface area contributed by atoms with Gasteiger partial charge in [-0.05, 0) is 33.7 Å². The number of sulfone groups is 1. The lowest BCUT2D eigenvalue weighted by Gasteiger charge is -2.18. The van der Waals surface area contributed by atoms with Gasteiger partial charge < -0.3 is 5.32 Å². The summed E-state index contributed by atoms with van der Waals surface area (Å²) in [5.41, 5.74) is -0.349. The van der Waals surface area contributed by atoms with Crippen LogP contribution in [0.5, 0.6) is 0 Å². The van der Waals surface area contributed by atoms with Crippen LogP contribution in [0.25, 0.3) is 0 Å². The van der Waals surface area contributed by atoms with Gasteiger partial charge in [-0.15, -0.1) is 0 Å². The molecule has 0 heterocycles. The van der Waals surface area contributed by atoms with Crippen molar-refractivity contribution in [1.29, 1.82) is 5.26 Å². The minimum absolute atomic E-state index is 0.0607. The van der Waals surface area contributed by atoms with Gasteiger partial charge in [-0.1, -0.05) is 0 Å². The van der Waals surface area contributed by atoms with Crippen LogP contribution in [0.3, 0.4) is 0 Å². The number of nitrogens with zero attached hydrogens (tertiary/aromatic N) is 1. The Morgan fingerprint density at radius 3 is 2.40 bits per heavy atom. The highest BCUT2D eigenvalue weighted by molar-refractivity contribution is 7.90. The quantitative estimate of drug-likeness (QED) is 0.740. The lowest BCUT2D eigenvalue weighted by molar-refractivity contribution is 0.420. The van der Waals surface area contributed by atoms with E-state index in [1.807, 2.05) is 20.8 Å². The van der Waals surface area contributed by atoms with E-state index in [1.54, 1.807) is 0 Å². The van der Waals surface area contributed by atoms with Gasteiger partial charge in [-0.25, -0.2) is 8.42 Å². The first-order valence-corrected chi connectivity index (χ1v) is 7.05. The summed E-state index contributed by atoms with van der Waals surface area (Å²) in [6.45, 7) is 6.24. The maximum atomic E-state index is 11.0. The van der Waals surface area contributed by atoms with Gasteiger partial charge >= 0.3 is 0 Å². The average molecular weight is 232 g/mol. The SMILES string of the molecule is CC(CS(C)(=O)=O)NCCC(C)(C)C#N. The topological polar surface area (TPSA) is 70.0 Å². The Morgan fingerprint density at radius 2 is 2.00 bits per heavy atom. The van der Waals surface area contributed by atoms with E-state index in [2.05, 4.69) is 11.4 Å². The molecule has 0 aliphatic carbocycles. The molecule has 0 aromatic heterocycles. The van der Waals surface area contributed by atoms with Crippen LogP contribution in [0.1, 0.15) is 27.2 Å². The highest BCUT2D eigenvalue weighted by Crippen LogP contribution is 2.17. The highest BCUT2D eigenvalue weighted by atomic mass is 32.2. The van der Waals surface area contributed by atoms with E-state index in [9.17, 15) is 8.42 Å². The number of hydrogen-bond donors (Lipinski definition) is 1. The summed E-state index contributed by atoms with van der Waals surface area (Å²) in [6.07, 6.45) is 1.95. The van der Waals surface area contributed by atoms with E-state index in [-0.39, 0.29) is 17.2 Å². The zero-order valence-corrected chi connectivity index (χ0v) is 10.7. The fourth-order valence-electron chi connectivity index (χ4n) is 1.20.